The molecule has 1 heterocycles. The Hall–Kier alpha value is -0.160. The molecule has 1 aliphatic rings. The lowest BCUT2D eigenvalue weighted by Crippen LogP contribution is -2.33. The fourth-order valence-corrected chi connectivity index (χ4v) is 1.09. The molecular formula is C6H12O4. The Kier molecular flexibility index (Phi) is 2.25. The minimum absolute atomic E-state index is 0.247. The number of aliphatic hydroxyl groups is 3. The summed E-state index contributed by atoms with van der Waals surface area (Å²) in [5.41, 5.74) is 0. The van der Waals surface area contributed by atoms with Crippen LogP contribution in [0, 0.1) is 0 Å². The molecule has 1 aliphatic heterocycles. The van der Waals surface area contributed by atoms with Gasteiger partial charge in [-0.25, -0.2) is 0 Å². The van der Waals surface area contributed by atoms with Gasteiger partial charge in [-0.3, -0.25) is 0 Å². The highest BCUT2D eigenvalue weighted by Crippen LogP contribution is 2.19. The van der Waals surface area contributed by atoms with Crippen LogP contribution in [0.25, 0.3) is 0 Å². The maximum Gasteiger partial charge on any atom is 0.111 e. The third-order valence-electron chi connectivity index (χ3n) is 1.78. The highest BCUT2D eigenvalue weighted by molar-refractivity contribution is 4.87. The molecular weight excluding hydrogens is 136 g/mol. The SMILES string of the molecule is C[C@@H]1O[C@@H](CO)[C@@H](O)C1O. The van der Waals surface area contributed by atoms with E-state index >= 15 is 0 Å². The third-order valence-corrected chi connectivity index (χ3v) is 1.78. The fourth-order valence-electron chi connectivity index (χ4n) is 1.09. The lowest BCUT2D eigenvalue weighted by molar-refractivity contribution is -0.0171. The molecule has 1 unspecified atom stereocenters. The summed E-state index contributed by atoms with van der Waals surface area (Å²) in [7, 11) is 0. The first-order chi connectivity index (χ1) is 4.66. The largest absolute Gasteiger partial charge is 0.394 e. The zero-order chi connectivity index (χ0) is 7.72. The Morgan fingerprint density at radius 1 is 1.30 bits per heavy atom. The lowest BCUT2D eigenvalue weighted by Gasteiger charge is -2.10. The van der Waals surface area contributed by atoms with E-state index in [1.54, 1.807) is 6.92 Å². The number of aliphatic hydroxyl groups excluding tert-OH is 3. The monoisotopic (exact) mass is 148 g/mol. The van der Waals surface area contributed by atoms with Gasteiger partial charge in [0.05, 0.1) is 12.7 Å². The van der Waals surface area contributed by atoms with E-state index in [1.807, 2.05) is 0 Å². The van der Waals surface area contributed by atoms with Crippen molar-refractivity contribution in [1.29, 1.82) is 0 Å². The van der Waals surface area contributed by atoms with Crippen LogP contribution >= 0.6 is 0 Å². The Balaban J connectivity index is 2.53. The summed E-state index contributed by atoms with van der Waals surface area (Å²) in [4.78, 5) is 0. The van der Waals surface area contributed by atoms with E-state index in [0.29, 0.717) is 0 Å². The van der Waals surface area contributed by atoms with Crippen LogP contribution in [0.15, 0.2) is 0 Å². The zero-order valence-corrected chi connectivity index (χ0v) is 5.77. The van der Waals surface area contributed by atoms with Crippen molar-refractivity contribution >= 4 is 0 Å². The average Bonchev–Trinajstić information content (AvgIpc) is 2.17. The smallest absolute Gasteiger partial charge is 0.111 e. The van der Waals surface area contributed by atoms with Gasteiger partial charge in [0.15, 0.2) is 0 Å². The summed E-state index contributed by atoms with van der Waals surface area (Å²) in [5, 5.41) is 26.8. The van der Waals surface area contributed by atoms with Crippen LogP contribution in [-0.2, 0) is 4.74 Å². The van der Waals surface area contributed by atoms with Gasteiger partial charge in [0.1, 0.15) is 18.3 Å². The van der Waals surface area contributed by atoms with E-state index in [4.69, 9.17) is 20.1 Å². The fraction of sp³-hybridized carbons (Fsp3) is 1.00. The molecule has 4 heteroatoms. The molecule has 1 saturated heterocycles. The molecule has 0 amide bonds. The number of rotatable bonds is 1. The van der Waals surface area contributed by atoms with E-state index in [9.17, 15) is 0 Å². The summed E-state index contributed by atoms with van der Waals surface area (Å²) in [5.74, 6) is 0. The molecule has 1 rings (SSSR count). The molecule has 0 aliphatic carbocycles. The van der Waals surface area contributed by atoms with Crippen molar-refractivity contribution in [3.63, 3.8) is 0 Å². The second kappa shape index (κ2) is 2.84. The molecule has 0 bridgehead atoms. The van der Waals surface area contributed by atoms with Crippen LogP contribution < -0.4 is 0 Å². The lowest BCUT2D eigenvalue weighted by atomic mass is 10.1. The highest BCUT2D eigenvalue weighted by Gasteiger charge is 2.39. The first-order valence-electron chi connectivity index (χ1n) is 3.29. The zero-order valence-electron chi connectivity index (χ0n) is 5.77. The standard InChI is InChI=1S/C6H12O4/c1-3-5(8)6(9)4(2-7)10-3/h3-9H,2H2,1H3/t3-,4-,5?,6+/m0/s1. The molecule has 4 atom stereocenters. The highest BCUT2D eigenvalue weighted by atomic mass is 16.5. The second-order valence-corrected chi connectivity index (χ2v) is 2.54. The summed E-state index contributed by atoms with van der Waals surface area (Å²) in [6.45, 7) is 1.41. The van der Waals surface area contributed by atoms with Gasteiger partial charge in [0.25, 0.3) is 0 Å². The molecule has 10 heavy (non-hydrogen) atoms. The second-order valence-electron chi connectivity index (χ2n) is 2.54. The predicted octanol–water partition coefficient (Wildman–Crippen LogP) is -1.51. The van der Waals surface area contributed by atoms with Crippen LogP contribution in [0.4, 0.5) is 0 Å². The molecule has 1 fully saturated rings. The Bertz CT molecular complexity index is 116. The molecule has 4 nitrogen and oxygen atoms in total. The van der Waals surface area contributed by atoms with Crippen molar-refractivity contribution in [3.8, 4) is 0 Å². The van der Waals surface area contributed by atoms with Gasteiger partial charge >= 0.3 is 0 Å². The molecule has 0 aromatic heterocycles. The number of ether oxygens (including phenoxy) is 1. The van der Waals surface area contributed by atoms with Crippen molar-refractivity contribution < 1.29 is 20.1 Å². The Morgan fingerprint density at radius 2 is 1.90 bits per heavy atom. The predicted molar refractivity (Wildman–Crippen MR) is 33.4 cm³/mol. The summed E-state index contributed by atoms with van der Waals surface area (Å²) in [6.07, 6.45) is -2.81. The van der Waals surface area contributed by atoms with Gasteiger partial charge < -0.3 is 20.1 Å². The Labute approximate surface area is 59.1 Å². The van der Waals surface area contributed by atoms with Gasteiger partial charge in [0, 0.05) is 0 Å². The van der Waals surface area contributed by atoms with Gasteiger partial charge in [-0.15, -0.1) is 0 Å². The van der Waals surface area contributed by atoms with E-state index < -0.39 is 18.3 Å². The minimum Gasteiger partial charge on any atom is -0.394 e. The van der Waals surface area contributed by atoms with Crippen molar-refractivity contribution in [2.45, 2.75) is 31.3 Å². The van der Waals surface area contributed by atoms with Gasteiger partial charge in [-0.1, -0.05) is 0 Å². The van der Waals surface area contributed by atoms with Crippen LogP contribution in [0.3, 0.4) is 0 Å². The molecule has 0 radical (unpaired) electrons. The van der Waals surface area contributed by atoms with Gasteiger partial charge in [0.2, 0.25) is 0 Å². The minimum atomic E-state index is -0.944. The van der Waals surface area contributed by atoms with Gasteiger partial charge in [-0.05, 0) is 6.92 Å². The molecule has 0 aromatic rings. The van der Waals surface area contributed by atoms with Crippen LogP contribution in [0.2, 0.25) is 0 Å². The molecule has 0 saturated carbocycles. The summed E-state index contributed by atoms with van der Waals surface area (Å²) >= 11 is 0. The van der Waals surface area contributed by atoms with Crippen molar-refractivity contribution in [2.75, 3.05) is 6.61 Å². The number of hydrogen-bond donors (Lipinski definition) is 3. The van der Waals surface area contributed by atoms with E-state index in [2.05, 4.69) is 0 Å². The van der Waals surface area contributed by atoms with Crippen LogP contribution in [0.1, 0.15) is 6.92 Å². The maximum atomic E-state index is 9.09. The molecule has 60 valence electrons. The number of hydrogen-bond acceptors (Lipinski definition) is 4. The van der Waals surface area contributed by atoms with Crippen molar-refractivity contribution in [3.05, 3.63) is 0 Å². The van der Waals surface area contributed by atoms with E-state index in [-0.39, 0.29) is 12.7 Å². The maximum absolute atomic E-state index is 9.09. The first kappa shape index (κ1) is 7.94. The van der Waals surface area contributed by atoms with Crippen LogP contribution in [-0.4, -0.2) is 46.3 Å². The first-order valence-corrected chi connectivity index (χ1v) is 3.29. The molecule has 0 spiro atoms. The van der Waals surface area contributed by atoms with E-state index in [0.717, 1.165) is 0 Å². The van der Waals surface area contributed by atoms with Crippen molar-refractivity contribution in [2.24, 2.45) is 0 Å². The summed E-state index contributed by atoms with van der Waals surface area (Å²) in [6, 6.07) is 0. The quantitative estimate of drug-likeness (QED) is 0.422. The molecule has 3 N–H and O–H groups in total. The third kappa shape index (κ3) is 1.15. The van der Waals surface area contributed by atoms with E-state index in [1.165, 1.54) is 0 Å². The van der Waals surface area contributed by atoms with Crippen LogP contribution in [0.5, 0.6) is 0 Å². The topological polar surface area (TPSA) is 69.9 Å². The average molecular weight is 148 g/mol. The van der Waals surface area contributed by atoms with Gasteiger partial charge in [-0.2, -0.15) is 0 Å². The summed E-state index contributed by atoms with van der Waals surface area (Å²) < 4.78 is 4.98. The normalized spacial score (nSPS) is 48.0. The van der Waals surface area contributed by atoms with Crippen molar-refractivity contribution in [1.82, 2.24) is 0 Å². The Morgan fingerprint density at radius 3 is 2.10 bits per heavy atom. The molecule has 0 aromatic carbocycles.